The lowest BCUT2D eigenvalue weighted by Gasteiger charge is -2.07. The van der Waals surface area contributed by atoms with E-state index >= 15 is 0 Å². The molecule has 0 bridgehead atoms. The van der Waals surface area contributed by atoms with Crippen LogP contribution in [-0.2, 0) is 20.7 Å². The molecule has 0 atom stereocenters. The SMILES string of the molecule is CCOC(=O)CCCNC(=O)Cc1ccccc1N. The first kappa shape index (κ1) is 15.0. The summed E-state index contributed by atoms with van der Waals surface area (Å²) < 4.78 is 4.79. The number of hydrogen-bond donors (Lipinski definition) is 2. The maximum absolute atomic E-state index is 11.7. The zero-order valence-electron chi connectivity index (χ0n) is 11.1. The van der Waals surface area contributed by atoms with E-state index in [1.165, 1.54) is 0 Å². The molecule has 1 aromatic carbocycles. The molecule has 5 nitrogen and oxygen atoms in total. The molecule has 3 N–H and O–H groups in total. The highest BCUT2D eigenvalue weighted by Crippen LogP contribution is 2.10. The minimum absolute atomic E-state index is 0.0956. The van der Waals surface area contributed by atoms with E-state index in [0.717, 1.165) is 5.56 Å². The molecule has 0 unspecified atom stereocenters. The molecule has 0 heterocycles. The van der Waals surface area contributed by atoms with Crippen molar-refractivity contribution in [2.45, 2.75) is 26.2 Å². The molecule has 5 heteroatoms. The van der Waals surface area contributed by atoms with Crippen LogP contribution in [0.25, 0.3) is 0 Å². The first-order chi connectivity index (χ1) is 9.13. The number of anilines is 1. The number of esters is 1. The lowest BCUT2D eigenvalue weighted by atomic mass is 10.1. The third-order valence-corrected chi connectivity index (χ3v) is 2.59. The largest absolute Gasteiger partial charge is 0.466 e. The number of benzene rings is 1. The van der Waals surface area contributed by atoms with E-state index < -0.39 is 0 Å². The molecule has 19 heavy (non-hydrogen) atoms. The summed E-state index contributed by atoms with van der Waals surface area (Å²) in [7, 11) is 0. The van der Waals surface area contributed by atoms with E-state index in [2.05, 4.69) is 5.32 Å². The second-order valence-corrected chi connectivity index (χ2v) is 4.13. The second-order valence-electron chi connectivity index (χ2n) is 4.13. The minimum Gasteiger partial charge on any atom is -0.466 e. The van der Waals surface area contributed by atoms with Crippen molar-refractivity contribution in [2.24, 2.45) is 0 Å². The summed E-state index contributed by atoms with van der Waals surface area (Å²) in [5.41, 5.74) is 7.18. The van der Waals surface area contributed by atoms with Crippen molar-refractivity contribution in [3.05, 3.63) is 29.8 Å². The summed E-state index contributed by atoms with van der Waals surface area (Å²) in [5.74, 6) is -0.328. The molecule has 0 aliphatic heterocycles. The average molecular weight is 264 g/mol. The van der Waals surface area contributed by atoms with Crippen LogP contribution in [0.1, 0.15) is 25.3 Å². The summed E-state index contributed by atoms with van der Waals surface area (Å²) in [4.78, 5) is 22.7. The molecule has 1 rings (SSSR count). The van der Waals surface area contributed by atoms with Gasteiger partial charge >= 0.3 is 5.97 Å². The molecule has 0 aliphatic rings. The van der Waals surface area contributed by atoms with Gasteiger partial charge in [0.05, 0.1) is 13.0 Å². The summed E-state index contributed by atoms with van der Waals surface area (Å²) in [6, 6.07) is 7.27. The van der Waals surface area contributed by atoms with Gasteiger partial charge in [-0.3, -0.25) is 9.59 Å². The molecule has 0 fully saturated rings. The normalized spacial score (nSPS) is 9.95. The van der Waals surface area contributed by atoms with Crippen LogP contribution in [0.2, 0.25) is 0 Å². The number of hydrogen-bond acceptors (Lipinski definition) is 4. The minimum atomic E-state index is -0.232. The molecular weight excluding hydrogens is 244 g/mol. The molecule has 0 spiro atoms. The highest BCUT2D eigenvalue weighted by atomic mass is 16.5. The monoisotopic (exact) mass is 264 g/mol. The standard InChI is InChI=1S/C14H20N2O3/c1-2-19-14(18)8-5-9-16-13(17)10-11-6-3-4-7-12(11)15/h3-4,6-7H,2,5,8-10,15H2,1H3,(H,16,17). The average Bonchev–Trinajstić information content (AvgIpc) is 2.38. The molecule has 1 amide bonds. The first-order valence-corrected chi connectivity index (χ1v) is 6.39. The Morgan fingerprint density at radius 2 is 2.05 bits per heavy atom. The number of nitrogen functional groups attached to an aromatic ring is 1. The molecule has 1 aromatic rings. The van der Waals surface area contributed by atoms with E-state index in [4.69, 9.17) is 10.5 Å². The number of amides is 1. The highest BCUT2D eigenvalue weighted by Gasteiger charge is 2.06. The lowest BCUT2D eigenvalue weighted by molar-refractivity contribution is -0.143. The first-order valence-electron chi connectivity index (χ1n) is 6.39. The topological polar surface area (TPSA) is 81.4 Å². The van der Waals surface area contributed by atoms with Crippen LogP contribution < -0.4 is 11.1 Å². The maximum atomic E-state index is 11.7. The number of carbonyl (C=O) groups excluding carboxylic acids is 2. The van der Waals surface area contributed by atoms with E-state index in [1.54, 1.807) is 13.0 Å². The van der Waals surface area contributed by atoms with Crippen LogP contribution in [0.15, 0.2) is 24.3 Å². The van der Waals surface area contributed by atoms with Crippen LogP contribution in [0.4, 0.5) is 5.69 Å². The molecule has 0 saturated heterocycles. The van der Waals surface area contributed by atoms with Crippen molar-refractivity contribution in [1.82, 2.24) is 5.32 Å². The van der Waals surface area contributed by atoms with Gasteiger partial charge in [-0.15, -0.1) is 0 Å². The zero-order chi connectivity index (χ0) is 14.1. The van der Waals surface area contributed by atoms with Gasteiger partial charge in [-0.25, -0.2) is 0 Å². The van der Waals surface area contributed by atoms with E-state index in [-0.39, 0.29) is 18.3 Å². The van der Waals surface area contributed by atoms with E-state index in [0.29, 0.717) is 31.7 Å². The van der Waals surface area contributed by atoms with Crippen molar-refractivity contribution in [1.29, 1.82) is 0 Å². The summed E-state index contributed by atoms with van der Waals surface area (Å²) in [5, 5.41) is 2.75. The van der Waals surface area contributed by atoms with Gasteiger partial charge in [-0.1, -0.05) is 18.2 Å². The number of para-hydroxylation sites is 1. The Kier molecular flexibility index (Phi) is 6.43. The van der Waals surface area contributed by atoms with Gasteiger partial charge in [0, 0.05) is 18.7 Å². The van der Waals surface area contributed by atoms with Crippen LogP contribution in [0.5, 0.6) is 0 Å². The molecule has 0 saturated carbocycles. The number of carbonyl (C=O) groups is 2. The molecule has 0 aromatic heterocycles. The number of ether oxygens (including phenoxy) is 1. The van der Waals surface area contributed by atoms with Crippen molar-refractivity contribution < 1.29 is 14.3 Å². The summed E-state index contributed by atoms with van der Waals surface area (Å²) in [6.45, 7) is 2.62. The van der Waals surface area contributed by atoms with Gasteiger partial charge in [0.1, 0.15) is 0 Å². The van der Waals surface area contributed by atoms with E-state index in [9.17, 15) is 9.59 Å². The third kappa shape index (κ3) is 5.90. The molecule has 0 aliphatic carbocycles. The number of rotatable bonds is 7. The predicted molar refractivity (Wildman–Crippen MR) is 73.4 cm³/mol. The smallest absolute Gasteiger partial charge is 0.305 e. The Morgan fingerprint density at radius 3 is 2.74 bits per heavy atom. The fourth-order valence-electron chi connectivity index (χ4n) is 1.62. The van der Waals surface area contributed by atoms with Crippen LogP contribution in [0.3, 0.4) is 0 Å². The Morgan fingerprint density at radius 1 is 1.32 bits per heavy atom. The van der Waals surface area contributed by atoms with Gasteiger partial charge in [0.15, 0.2) is 0 Å². The Hall–Kier alpha value is -2.04. The Labute approximate surface area is 113 Å². The Balaban J connectivity index is 2.22. The van der Waals surface area contributed by atoms with Crippen molar-refractivity contribution in [3.8, 4) is 0 Å². The van der Waals surface area contributed by atoms with Crippen LogP contribution in [-0.4, -0.2) is 25.0 Å². The van der Waals surface area contributed by atoms with Crippen molar-refractivity contribution in [2.75, 3.05) is 18.9 Å². The summed E-state index contributed by atoms with van der Waals surface area (Å²) >= 11 is 0. The van der Waals surface area contributed by atoms with Crippen LogP contribution in [0, 0.1) is 0 Å². The molecular formula is C14H20N2O3. The number of nitrogens with two attached hydrogens (primary N) is 1. The number of nitrogens with one attached hydrogen (secondary N) is 1. The lowest BCUT2D eigenvalue weighted by Crippen LogP contribution is -2.26. The van der Waals surface area contributed by atoms with Gasteiger partial charge in [-0.2, -0.15) is 0 Å². The highest BCUT2D eigenvalue weighted by molar-refractivity contribution is 5.80. The van der Waals surface area contributed by atoms with Crippen molar-refractivity contribution in [3.63, 3.8) is 0 Å². The van der Waals surface area contributed by atoms with Gasteiger partial charge < -0.3 is 15.8 Å². The van der Waals surface area contributed by atoms with Gasteiger partial charge in [-0.05, 0) is 25.0 Å². The predicted octanol–water partition coefficient (Wildman–Crippen LogP) is 1.27. The van der Waals surface area contributed by atoms with Gasteiger partial charge in [0.2, 0.25) is 5.91 Å². The fraction of sp³-hybridized carbons (Fsp3) is 0.429. The van der Waals surface area contributed by atoms with Gasteiger partial charge in [0.25, 0.3) is 0 Å². The summed E-state index contributed by atoms with van der Waals surface area (Å²) in [6.07, 6.45) is 1.16. The fourth-order valence-corrected chi connectivity index (χ4v) is 1.62. The zero-order valence-corrected chi connectivity index (χ0v) is 11.1. The molecule has 104 valence electrons. The Bertz CT molecular complexity index is 432. The second kappa shape index (κ2) is 8.13. The van der Waals surface area contributed by atoms with Crippen molar-refractivity contribution >= 4 is 17.6 Å². The van der Waals surface area contributed by atoms with E-state index in [1.807, 2.05) is 18.2 Å². The maximum Gasteiger partial charge on any atom is 0.305 e. The quantitative estimate of drug-likeness (QED) is 0.441. The van der Waals surface area contributed by atoms with Crippen LogP contribution >= 0.6 is 0 Å². The third-order valence-electron chi connectivity index (χ3n) is 2.59. The molecule has 0 radical (unpaired) electrons.